The van der Waals surface area contributed by atoms with Crippen LogP contribution in [0.4, 0.5) is 0 Å². The zero-order valence-electron chi connectivity index (χ0n) is 19.1. The smallest absolute Gasteiger partial charge is 0.328 e. The van der Waals surface area contributed by atoms with Gasteiger partial charge in [-0.1, -0.05) is 78.4 Å². The van der Waals surface area contributed by atoms with Gasteiger partial charge in [-0.3, -0.25) is 4.79 Å². The molecule has 0 aliphatic carbocycles. The fourth-order valence-electron chi connectivity index (χ4n) is 3.24. The number of carbonyl (C=O) groups is 2. The van der Waals surface area contributed by atoms with Gasteiger partial charge in [-0.2, -0.15) is 4.72 Å². The molecule has 0 saturated heterocycles. The number of sulfonamides is 1. The highest BCUT2D eigenvalue weighted by Gasteiger charge is 2.28. The summed E-state index contributed by atoms with van der Waals surface area (Å²) in [7, 11) is -3.97. The van der Waals surface area contributed by atoms with E-state index < -0.39 is 34.0 Å². The summed E-state index contributed by atoms with van der Waals surface area (Å²) >= 11 is 0. The Morgan fingerprint density at radius 3 is 2.00 bits per heavy atom. The number of ether oxygens (including phenoxy) is 1. The van der Waals surface area contributed by atoms with Crippen LogP contribution in [0.15, 0.2) is 89.8 Å². The second-order valence-electron chi connectivity index (χ2n) is 8.00. The summed E-state index contributed by atoms with van der Waals surface area (Å²) in [6.45, 7) is 3.43. The van der Waals surface area contributed by atoms with Gasteiger partial charge in [0, 0.05) is 0 Å². The number of hydrogen-bond acceptors (Lipinski definition) is 5. The average Bonchev–Trinajstić information content (AvgIpc) is 2.83. The van der Waals surface area contributed by atoms with Crippen molar-refractivity contribution in [2.24, 2.45) is 0 Å². The molecule has 34 heavy (non-hydrogen) atoms. The lowest BCUT2D eigenvalue weighted by molar-refractivity contribution is -0.148. The summed E-state index contributed by atoms with van der Waals surface area (Å²) in [4.78, 5) is 25.5. The molecule has 0 spiro atoms. The third kappa shape index (κ3) is 7.26. The minimum Gasteiger partial charge on any atom is -0.459 e. The molecule has 2 N–H and O–H groups in total. The Bertz CT molecular complexity index is 1200. The molecule has 178 valence electrons. The molecule has 0 bridgehead atoms. The molecule has 1 amide bonds. The number of nitrogens with one attached hydrogen (secondary N) is 2. The van der Waals surface area contributed by atoms with Crippen molar-refractivity contribution in [1.29, 1.82) is 0 Å². The van der Waals surface area contributed by atoms with Crippen LogP contribution in [-0.2, 0) is 37.4 Å². The van der Waals surface area contributed by atoms with E-state index in [2.05, 4.69) is 10.0 Å². The van der Waals surface area contributed by atoms with Crippen LogP contribution in [0, 0.1) is 6.92 Å². The van der Waals surface area contributed by atoms with Gasteiger partial charge >= 0.3 is 5.97 Å². The first kappa shape index (κ1) is 25.1. The van der Waals surface area contributed by atoms with E-state index in [1.54, 1.807) is 24.3 Å². The van der Waals surface area contributed by atoms with E-state index >= 15 is 0 Å². The predicted molar refractivity (Wildman–Crippen MR) is 129 cm³/mol. The van der Waals surface area contributed by atoms with E-state index in [1.165, 1.54) is 19.1 Å². The second-order valence-corrected chi connectivity index (χ2v) is 9.71. The van der Waals surface area contributed by atoms with Crippen molar-refractivity contribution in [2.45, 2.75) is 43.9 Å². The second kappa shape index (κ2) is 11.6. The van der Waals surface area contributed by atoms with Gasteiger partial charge in [-0.15, -0.1) is 0 Å². The number of carbonyl (C=O) groups excluding carboxylic acids is 2. The third-order valence-electron chi connectivity index (χ3n) is 5.16. The van der Waals surface area contributed by atoms with E-state index in [0.29, 0.717) is 0 Å². The Morgan fingerprint density at radius 2 is 1.41 bits per heavy atom. The number of aryl methyl sites for hydroxylation is 1. The summed E-state index contributed by atoms with van der Waals surface area (Å²) in [6.07, 6.45) is 0.115. The van der Waals surface area contributed by atoms with Gasteiger partial charge < -0.3 is 10.1 Å². The summed E-state index contributed by atoms with van der Waals surface area (Å²) in [5, 5.41) is 2.58. The lowest BCUT2D eigenvalue weighted by Gasteiger charge is -2.21. The monoisotopic (exact) mass is 480 g/mol. The number of amides is 1. The Balaban J connectivity index is 1.71. The fraction of sp³-hybridized carbons (Fsp3) is 0.231. The normalized spacial score (nSPS) is 13.0. The summed E-state index contributed by atoms with van der Waals surface area (Å²) in [5.41, 5.74) is 2.51. The van der Waals surface area contributed by atoms with Gasteiger partial charge in [0.05, 0.1) is 4.90 Å². The minimum atomic E-state index is -3.97. The molecule has 0 heterocycles. The van der Waals surface area contributed by atoms with Crippen LogP contribution in [0.25, 0.3) is 0 Å². The summed E-state index contributed by atoms with van der Waals surface area (Å²) < 4.78 is 33.7. The first-order chi connectivity index (χ1) is 16.2. The standard InChI is InChI=1S/C26H28N2O5S/c1-19-13-15-23(16-14-19)34(31,32)28-24(17-21-9-5-3-6-10-21)25(29)27-20(2)26(30)33-18-22-11-7-4-8-12-22/h3-16,20,24,28H,17-18H2,1-2H3,(H,27,29)/t20-,24-/m0/s1. The highest BCUT2D eigenvalue weighted by Crippen LogP contribution is 2.13. The van der Waals surface area contributed by atoms with Crippen molar-refractivity contribution in [3.8, 4) is 0 Å². The molecule has 8 heteroatoms. The van der Waals surface area contributed by atoms with Crippen LogP contribution in [0.3, 0.4) is 0 Å². The molecule has 0 aromatic heterocycles. The van der Waals surface area contributed by atoms with Crippen molar-refractivity contribution < 1.29 is 22.7 Å². The molecular formula is C26H28N2O5S. The van der Waals surface area contributed by atoms with Gasteiger partial charge in [0.2, 0.25) is 15.9 Å². The van der Waals surface area contributed by atoms with Crippen molar-refractivity contribution >= 4 is 21.9 Å². The molecular weight excluding hydrogens is 452 g/mol. The average molecular weight is 481 g/mol. The number of rotatable bonds is 10. The lowest BCUT2D eigenvalue weighted by atomic mass is 10.1. The van der Waals surface area contributed by atoms with Crippen molar-refractivity contribution in [3.63, 3.8) is 0 Å². The van der Waals surface area contributed by atoms with Crippen molar-refractivity contribution in [3.05, 3.63) is 102 Å². The SMILES string of the molecule is Cc1ccc(S(=O)(=O)N[C@@H](Cc2ccccc2)C(=O)N[C@@H](C)C(=O)OCc2ccccc2)cc1. The van der Waals surface area contributed by atoms with E-state index in [4.69, 9.17) is 4.74 Å². The zero-order valence-corrected chi connectivity index (χ0v) is 19.9. The predicted octanol–water partition coefficient (Wildman–Crippen LogP) is 3.13. The molecule has 2 atom stereocenters. The molecule has 3 aromatic carbocycles. The molecule has 7 nitrogen and oxygen atoms in total. The van der Waals surface area contributed by atoms with Gasteiger partial charge in [0.25, 0.3) is 0 Å². The Labute approximate surface area is 200 Å². The van der Waals surface area contributed by atoms with Crippen LogP contribution in [0.1, 0.15) is 23.6 Å². The molecule has 0 radical (unpaired) electrons. The van der Waals surface area contributed by atoms with E-state index in [9.17, 15) is 18.0 Å². The van der Waals surface area contributed by atoms with Crippen LogP contribution in [0.2, 0.25) is 0 Å². The first-order valence-electron chi connectivity index (χ1n) is 10.9. The molecule has 0 saturated carbocycles. The van der Waals surface area contributed by atoms with Gasteiger partial charge in [-0.05, 0) is 43.5 Å². The van der Waals surface area contributed by atoms with Crippen molar-refractivity contribution in [2.75, 3.05) is 0 Å². The number of esters is 1. The van der Waals surface area contributed by atoms with Gasteiger partial charge in [-0.25, -0.2) is 13.2 Å². The van der Waals surface area contributed by atoms with Gasteiger partial charge in [0.1, 0.15) is 18.7 Å². The molecule has 0 aliphatic rings. The Hall–Kier alpha value is -3.49. The van der Waals surface area contributed by atoms with E-state index in [1.807, 2.05) is 55.5 Å². The first-order valence-corrected chi connectivity index (χ1v) is 12.4. The highest BCUT2D eigenvalue weighted by molar-refractivity contribution is 7.89. The Kier molecular flexibility index (Phi) is 8.56. The topological polar surface area (TPSA) is 102 Å². The minimum absolute atomic E-state index is 0.0549. The third-order valence-corrected chi connectivity index (χ3v) is 6.65. The molecule has 0 aliphatic heterocycles. The summed E-state index contributed by atoms with van der Waals surface area (Å²) in [6, 6.07) is 22.5. The molecule has 0 unspecified atom stereocenters. The van der Waals surface area contributed by atoms with Crippen LogP contribution < -0.4 is 10.0 Å². The quantitative estimate of drug-likeness (QED) is 0.434. The number of hydrogen-bond donors (Lipinski definition) is 2. The van der Waals surface area contributed by atoms with Gasteiger partial charge in [0.15, 0.2) is 0 Å². The maximum Gasteiger partial charge on any atom is 0.328 e. The molecule has 0 fully saturated rings. The lowest BCUT2D eigenvalue weighted by Crippen LogP contribution is -2.51. The highest BCUT2D eigenvalue weighted by atomic mass is 32.2. The molecule has 3 rings (SSSR count). The van der Waals surface area contributed by atoms with E-state index in [-0.39, 0.29) is 17.9 Å². The summed E-state index contributed by atoms with van der Waals surface area (Å²) in [5.74, 6) is -1.24. The Morgan fingerprint density at radius 1 is 0.853 bits per heavy atom. The maximum atomic E-state index is 13.1. The fourth-order valence-corrected chi connectivity index (χ4v) is 4.43. The maximum absolute atomic E-state index is 13.1. The van der Waals surface area contributed by atoms with Crippen LogP contribution in [-0.4, -0.2) is 32.4 Å². The zero-order chi connectivity index (χ0) is 24.6. The van der Waals surface area contributed by atoms with Crippen LogP contribution in [0.5, 0.6) is 0 Å². The largest absolute Gasteiger partial charge is 0.459 e. The number of benzene rings is 3. The van der Waals surface area contributed by atoms with Crippen molar-refractivity contribution in [1.82, 2.24) is 10.0 Å². The van der Waals surface area contributed by atoms with E-state index in [0.717, 1.165) is 16.7 Å². The van der Waals surface area contributed by atoms with Crippen LogP contribution >= 0.6 is 0 Å². The molecule has 3 aromatic rings.